The predicted molar refractivity (Wildman–Crippen MR) is 67.2 cm³/mol. The van der Waals surface area contributed by atoms with Crippen molar-refractivity contribution in [2.75, 3.05) is 6.54 Å². The quantitative estimate of drug-likeness (QED) is 0.728. The average molecular weight is 239 g/mol. The summed E-state index contributed by atoms with van der Waals surface area (Å²) in [7, 11) is 0. The van der Waals surface area contributed by atoms with Crippen molar-refractivity contribution in [3.8, 4) is 0 Å². The molecule has 17 heavy (non-hydrogen) atoms. The molecule has 1 rings (SSSR count). The summed E-state index contributed by atoms with van der Waals surface area (Å²) in [6, 6.07) is 0. The fraction of sp³-hybridized carbons (Fsp3) is 0.308. The molecule has 0 radical (unpaired) electrons. The van der Waals surface area contributed by atoms with Crippen molar-refractivity contribution in [1.29, 1.82) is 0 Å². The Hall–Kier alpha value is -1.84. The number of halogens is 1. The van der Waals surface area contributed by atoms with Crippen LogP contribution in [-0.2, 0) is 4.79 Å². The van der Waals surface area contributed by atoms with Gasteiger partial charge in [0.25, 0.3) is 0 Å². The maximum absolute atomic E-state index is 12.9. The first-order valence-corrected chi connectivity index (χ1v) is 5.56. The summed E-state index contributed by atoms with van der Waals surface area (Å²) in [6.45, 7) is 4.47. The second kappa shape index (κ2) is 9.39. The van der Waals surface area contributed by atoms with Crippen molar-refractivity contribution in [3.63, 3.8) is 0 Å². The Morgan fingerprint density at radius 3 is 2.82 bits per heavy atom. The van der Waals surface area contributed by atoms with Gasteiger partial charge >= 0.3 is 5.97 Å². The van der Waals surface area contributed by atoms with Gasteiger partial charge in [-0.1, -0.05) is 26.0 Å². The molecule has 1 heterocycles. The fourth-order valence-corrected chi connectivity index (χ4v) is 1.08. The zero-order valence-electron chi connectivity index (χ0n) is 10.1. The molecule has 1 aliphatic rings. The Morgan fingerprint density at radius 1 is 1.47 bits per heavy atom. The third-order valence-electron chi connectivity index (χ3n) is 1.76. The lowest BCUT2D eigenvalue weighted by Crippen LogP contribution is -2.11. The lowest BCUT2D eigenvalue weighted by Gasteiger charge is -2.02. The molecule has 1 aliphatic heterocycles. The van der Waals surface area contributed by atoms with Crippen LogP contribution in [0.4, 0.5) is 4.39 Å². The molecule has 3 nitrogen and oxygen atoms in total. The first-order valence-electron chi connectivity index (χ1n) is 5.56. The van der Waals surface area contributed by atoms with E-state index in [2.05, 4.69) is 5.32 Å². The minimum Gasteiger partial charge on any atom is -0.478 e. The van der Waals surface area contributed by atoms with E-state index in [-0.39, 0.29) is 5.83 Å². The van der Waals surface area contributed by atoms with Gasteiger partial charge in [0.05, 0.1) is 0 Å². The van der Waals surface area contributed by atoms with Crippen molar-refractivity contribution in [1.82, 2.24) is 5.32 Å². The highest BCUT2D eigenvalue weighted by Gasteiger charge is 1.95. The molecule has 0 atom stereocenters. The number of carbonyl (C=O) groups is 1. The van der Waals surface area contributed by atoms with Gasteiger partial charge in [-0.15, -0.1) is 0 Å². The van der Waals surface area contributed by atoms with E-state index in [4.69, 9.17) is 5.11 Å². The lowest BCUT2D eigenvalue weighted by molar-refractivity contribution is -0.131. The minimum absolute atomic E-state index is 0.281. The average Bonchev–Trinajstić information content (AvgIpc) is 2.42. The van der Waals surface area contributed by atoms with Crippen LogP contribution in [0.25, 0.3) is 0 Å². The monoisotopic (exact) mass is 239 g/mol. The van der Waals surface area contributed by atoms with Crippen LogP contribution in [0.1, 0.15) is 20.3 Å². The fourth-order valence-electron chi connectivity index (χ4n) is 1.08. The highest BCUT2D eigenvalue weighted by molar-refractivity contribution is 5.80. The number of rotatable bonds is 2. The predicted octanol–water partition coefficient (Wildman–Crippen LogP) is 2.94. The third kappa shape index (κ3) is 8.02. The van der Waals surface area contributed by atoms with Gasteiger partial charge < -0.3 is 10.4 Å². The van der Waals surface area contributed by atoms with Gasteiger partial charge in [0.2, 0.25) is 0 Å². The van der Waals surface area contributed by atoms with Crippen LogP contribution >= 0.6 is 0 Å². The summed E-state index contributed by atoms with van der Waals surface area (Å²) in [5.74, 6) is -1.29. The van der Waals surface area contributed by atoms with Gasteiger partial charge in [0.15, 0.2) is 0 Å². The maximum Gasteiger partial charge on any atom is 0.328 e. The first kappa shape index (κ1) is 15.2. The Bertz CT molecular complexity index is 354. The molecule has 0 fully saturated rings. The van der Waals surface area contributed by atoms with Crippen LogP contribution in [0.15, 0.2) is 48.0 Å². The van der Waals surface area contributed by atoms with Gasteiger partial charge in [0.1, 0.15) is 5.83 Å². The number of aliphatic carboxylic acids is 1. The number of nitrogens with one attached hydrogen (secondary N) is 1. The van der Waals surface area contributed by atoms with Gasteiger partial charge in [-0.3, -0.25) is 0 Å². The van der Waals surface area contributed by atoms with Crippen molar-refractivity contribution >= 4 is 5.97 Å². The van der Waals surface area contributed by atoms with Gasteiger partial charge in [0, 0.05) is 18.3 Å². The summed E-state index contributed by atoms with van der Waals surface area (Å²) >= 11 is 0. The molecule has 0 amide bonds. The van der Waals surface area contributed by atoms with E-state index in [0.29, 0.717) is 18.7 Å². The van der Waals surface area contributed by atoms with E-state index in [1.807, 2.05) is 13.8 Å². The molecule has 0 saturated carbocycles. The first-order chi connectivity index (χ1) is 8.18. The molecule has 0 aromatic heterocycles. The van der Waals surface area contributed by atoms with E-state index in [0.717, 1.165) is 6.08 Å². The Morgan fingerprint density at radius 2 is 2.18 bits per heavy atom. The smallest absolute Gasteiger partial charge is 0.328 e. The molecule has 0 aliphatic carbocycles. The maximum atomic E-state index is 12.9. The molecule has 0 saturated heterocycles. The van der Waals surface area contributed by atoms with E-state index < -0.39 is 5.97 Å². The molecule has 0 unspecified atom stereocenters. The van der Waals surface area contributed by atoms with E-state index in [9.17, 15) is 9.18 Å². The molecule has 4 heteroatoms. The number of carboxylic acids is 1. The highest BCUT2D eigenvalue weighted by Crippen LogP contribution is 2.05. The van der Waals surface area contributed by atoms with Crippen molar-refractivity contribution in [2.24, 2.45) is 0 Å². The van der Waals surface area contributed by atoms with Crippen LogP contribution in [0, 0.1) is 0 Å². The zero-order valence-corrected chi connectivity index (χ0v) is 10.1. The second-order valence-corrected chi connectivity index (χ2v) is 2.94. The molecular formula is C13H18FNO2. The van der Waals surface area contributed by atoms with Crippen molar-refractivity contribution < 1.29 is 14.3 Å². The van der Waals surface area contributed by atoms with Crippen LogP contribution in [0.2, 0.25) is 0 Å². The van der Waals surface area contributed by atoms with Gasteiger partial charge in [-0.05, 0) is 24.6 Å². The normalized spacial score (nSPS) is 23.5. The molecule has 0 bridgehead atoms. The molecule has 0 spiro atoms. The van der Waals surface area contributed by atoms with Crippen molar-refractivity contribution in [2.45, 2.75) is 20.3 Å². The summed E-state index contributed by atoms with van der Waals surface area (Å²) in [4.78, 5) is 10.3. The van der Waals surface area contributed by atoms with E-state index >= 15 is 0 Å². The molecular weight excluding hydrogens is 221 g/mol. The summed E-state index contributed by atoms with van der Waals surface area (Å²) in [5, 5.41) is 11.4. The Labute approximate surface area is 101 Å². The standard InChI is InChI=1S/C11H12FNO2.C2H6/c12-9-3-1-5-10(6-7-11(14)15)13-8-2-4-9;1-2/h2-7,13H,1,8H2,(H,14,15);1-2H3/b4-2-,7-6+,9-3+,10-5-;. The van der Waals surface area contributed by atoms with E-state index in [1.165, 1.54) is 18.2 Å². The van der Waals surface area contributed by atoms with Crippen LogP contribution in [-0.4, -0.2) is 17.6 Å². The van der Waals surface area contributed by atoms with Crippen LogP contribution in [0.3, 0.4) is 0 Å². The molecule has 0 aromatic carbocycles. The summed E-state index contributed by atoms with van der Waals surface area (Å²) in [6.07, 6.45) is 9.10. The van der Waals surface area contributed by atoms with Gasteiger partial charge in [-0.2, -0.15) is 0 Å². The molecule has 2 N–H and O–H groups in total. The van der Waals surface area contributed by atoms with E-state index in [1.54, 1.807) is 12.2 Å². The zero-order chi connectivity index (χ0) is 13.1. The van der Waals surface area contributed by atoms with Crippen LogP contribution in [0.5, 0.6) is 0 Å². The van der Waals surface area contributed by atoms with Crippen molar-refractivity contribution in [3.05, 3.63) is 48.0 Å². The van der Waals surface area contributed by atoms with Crippen LogP contribution < -0.4 is 5.32 Å². The minimum atomic E-state index is -1.00. The SMILES string of the molecule is CC.O=C(O)/C=C/C1=C/C/C=C(F)\C=C/CN1. The third-order valence-corrected chi connectivity index (χ3v) is 1.76. The summed E-state index contributed by atoms with van der Waals surface area (Å²) in [5.41, 5.74) is 0.674. The second-order valence-electron chi connectivity index (χ2n) is 2.94. The number of hydrogen-bond donors (Lipinski definition) is 2. The number of hydrogen-bond acceptors (Lipinski definition) is 2. The number of allylic oxidation sites excluding steroid dienone is 5. The van der Waals surface area contributed by atoms with Gasteiger partial charge in [-0.25, -0.2) is 9.18 Å². The Balaban J connectivity index is 0.00000121. The Kier molecular flexibility index (Phi) is 8.37. The highest BCUT2D eigenvalue weighted by atomic mass is 19.1. The lowest BCUT2D eigenvalue weighted by atomic mass is 10.3. The molecule has 94 valence electrons. The largest absolute Gasteiger partial charge is 0.478 e. The summed E-state index contributed by atoms with van der Waals surface area (Å²) < 4.78 is 12.9. The number of carboxylic acid groups (broad SMARTS) is 1. The molecule has 0 aromatic rings. The topological polar surface area (TPSA) is 49.3 Å².